The van der Waals surface area contributed by atoms with Gasteiger partial charge in [-0.3, -0.25) is 0 Å². The lowest BCUT2D eigenvalue weighted by Crippen LogP contribution is -2.51. The second-order valence-electron chi connectivity index (χ2n) is 5.08. The van der Waals surface area contributed by atoms with E-state index in [4.69, 9.17) is 11.6 Å². The number of urea groups is 1. The number of hydrogen-bond donors (Lipinski definition) is 1. The number of carbonyl (C=O) groups excluding carboxylic acids is 1. The van der Waals surface area contributed by atoms with Gasteiger partial charge in [-0.05, 0) is 31.6 Å². The fourth-order valence-electron chi connectivity index (χ4n) is 2.37. The number of nitrogens with zero attached hydrogens (tertiary/aromatic N) is 1. The highest BCUT2D eigenvalue weighted by Gasteiger charge is 2.37. The van der Waals surface area contributed by atoms with Gasteiger partial charge in [0, 0.05) is 18.5 Å². The van der Waals surface area contributed by atoms with Crippen LogP contribution < -0.4 is 5.32 Å². The first-order chi connectivity index (χ1) is 8.83. The molecule has 2 amide bonds. The third-order valence-corrected chi connectivity index (χ3v) is 3.60. The standard InChI is InChI=1S/C12H20ClF3N2O/c1-9-2-4-10(5-3-9)18(8-12(14,15)16)11(19)17-7-6-13/h9-10H,2-8H2,1H3,(H,17,19). The molecule has 1 N–H and O–H groups in total. The van der Waals surface area contributed by atoms with Crippen LogP contribution in [0, 0.1) is 5.92 Å². The largest absolute Gasteiger partial charge is 0.406 e. The molecule has 7 heteroatoms. The van der Waals surface area contributed by atoms with Crippen molar-refractivity contribution >= 4 is 17.6 Å². The van der Waals surface area contributed by atoms with Crippen molar-refractivity contribution in [2.75, 3.05) is 19.0 Å². The van der Waals surface area contributed by atoms with Crippen molar-refractivity contribution < 1.29 is 18.0 Å². The Morgan fingerprint density at radius 1 is 1.32 bits per heavy atom. The van der Waals surface area contributed by atoms with Crippen LogP contribution in [-0.2, 0) is 0 Å². The molecule has 1 aliphatic rings. The number of rotatable bonds is 4. The van der Waals surface area contributed by atoms with Crippen molar-refractivity contribution in [2.45, 2.75) is 44.8 Å². The molecule has 19 heavy (non-hydrogen) atoms. The first-order valence-electron chi connectivity index (χ1n) is 6.50. The van der Waals surface area contributed by atoms with Crippen LogP contribution in [-0.4, -0.2) is 42.1 Å². The number of nitrogens with one attached hydrogen (secondary N) is 1. The molecule has 0 aliphatic heterocycles. The van der Waals surface area contributed by atoms with Gasteiger partial charge in [0.05, 0.1) is 0 Å². The predicted molar refractivity (Wildman–Crippen MR) is 68.3 cm³/mol. The number of halogens is 4. The maximum Gasteiger partial charge on any atom is 0.406 e. The van der Waals surface area contributed by atoms with Crippen LogP contribution in [0.25, 0.3) is 0 Å². The van der Waals surface area contributed by atoms with E-state index in [1.54, 1.807) is 0 Å². The quantitative estimate of drug-likeness (QED) is 0.793. The summed E-state index contributed by atoms with van der Waals surface area (Å²) in [6, 6.07) is -0.995. The van der Waals surface area contributed by atoms with Gasteiger partial charge < -0.3 is 10.2 Å². The van der Waals surface area contributed by atoms with E-state index in [-0.39, 0.29) is 18.5 Å². The summed E-state index contributed by atoms with van der Waals surface area (Å²) in [5.74, 6) is 0.711. The third-order valence-electron chi connectivity index (χ3n) is 3.41. The Morgan fingerprint density at radius 3 is 2.37 bits per heavy atom. The summed E-state index contributed by atoms with van der Waals surface area (Å²) in [6.45, 7) is 1.07. The number of carbonyl (C=O) groups is 1. The Morgan fingerprint density at radius 2 is 1.89 bits per heavy atom. The van der Waals surface area contributed by atoms with Crippen LogP contribution in [0.3, 0.4) is 0 Å². The van der Waals surface area contributed by atoms with Gasteiger partial charge in [-0.2, -0.15) is 13.2 Å². The number of alkyl halides is 4. The molecule has 0 saturated heterocycles. The molecular formula is C12H20ClF3N2O. The van der Waals surface area contributed by atoms with E-state index in [2.05, 4.69) is 12.2 Å². The summed E-state index contributed by atoms with van der Waals surface area (Å²) in [4.78, 5) is 12.7. The van der Waals surface area contributed by atoms with E-state index < -0.39 is 18.8 Å². The van der Waals surface area contributed by atoms with E-state index in [0.29, 0.717) is 18.8 Å². The maximum absolute atomic E-state index is 12.6. The van der Waals surface area contributed by atoms with Gasteiger partial charge in [0.1, 0.15) is 6.54 Å². The van der Waals surface area contributed by atoms with Crippen molar-refractivity contribution in [1.29, 1.82) is 0 Å². The summed E-state index contributed by atoms with van der Waals surface area (Å²) < 4.78 is 37.7. The van der Waals surface area contributed by atoms with E-state index in [0.717, 1.165) is 17.7 Å². The fraction of sp³-hybridized carbons (Fsp3) is 0.917. The molecule has 1 fully saturated rings. The van der Waals surface area contributed by atoms with Gasteiger partial charge in [-0.1, -0.05) is 6.92 Å². The molecule has 1 rings (SSSR count). The Hall–Kier alpha value is -0.650. The molecule has 0 bridgehead atoms. The molecule has 0 heterocycles. The number of amides is 2. The number of hydrogen-bond acceptors (Lipinski definition) is 1. The Balaban J connectivity index is 2.65. The zero-order valence-corrected chi connectivity index (χ0v) is 11.7. The van der Waals surface area contributed by atoms with Gasteiger partial charge in [-0.15, -0.1) is 11.6 Å². The van der Waals surface area contributed by atoms with Crippen LogP contribution in [0.2, 0.25) is 0 Å². The molecule has 1 aliphatic carbocycles. The molecular weight excluding hydrogens is 281 g/mol. The van der Waals surface area contributed by atoms with Crippen LogP contribution in [0.4, 0.5) is 18.0 Å². The molecule has 0 atom stereocenters. The normalized spacial score (nSPS) is 24.1. The van der Waals surface area contributed by atoms with Gasteiger partial charge in [-0.25, -0.2) is 4.79 Å². The summed E-state index contributed by atoms with van der Waals surface area (Å²) >= 11 is 5.43. The lowest BCUT2D eigenvalue weighted by atomic mass is 9.86. The van der Waals surface area contributed by atoms with Crippen LogP contribution in [0.15, 0.2) is 0 Å². The predicted octanol–water partition coefficient (Wildman–Crippen LogP) is 3.38. The summed E-state index contributed by atoms with van der Waals surface area (Å²) in [7, 11) is 0. The van der Waals surface area contributed by atoms with Gasteiger partial charge in [0.25, 0.3) is 0 Å². The molecule has 112 valence electrons. The summed E-state index contributed by atoms with van der Waals surface area (Å²) in [6.07, 6.45) is -1.39. The summed E-state index contributed by atoms with van der Waals surface area (Å²) in [5.41, 5.74) is 0. The Kier molecular flexibility index (Phi) is 6.23. The molecule has 0 unspecified atom stereocenters. The second-order valence-corrected chi connectivity index (χ2v) is 5.46. The fourth-order valence-corrected chi connectivity index (χ4v) is 2.46. The van der Waals surface area contributed by atoms with E-state index >= 15 is 0 Å². The Labute approximate surface area is 116 Å². The van der Waals surface area contributed by atoms with Crippen molar-refractivity contribution in [3.63, 3.8) is 0 Å². The molecule has 0 aromatic carbocycles. The smallest absolute Gasteiger partial charge is 0.337 e. The molecule has 3 nitrogen and oxygen atoms in total. The van der Waals surface area contributed by atoms with Crippen LogP contribution in [0.1, 0.15) is 32.6 Å². The first kappa shape index (κ1) is 16.4. The van der Waals surface area contributed by atoms with Crippen LogP contribution in [0.5, 0.6) is 0 Å². The molecule has 0 aromatic heterocycles. The van der Waals surface area contributed by atoms with Gasteiger partial charge in [0.2, 0.25) is 0 Å². The van der Waals surface area contributed by atoms with Crippen LogP contribution >= 0.6 is 11.6 Å². The lowest BCUT2D eigenvalue weighted by molar-refractivity contribution is -0.145. The Bertz CT molecular complexity index is 291. The first-order valence-corrected chi connectivity index (χ1v) is 7.04. The highest BCUT2D eigenvalue weighted by atomic mass is 35.5. The molecule has 0 radical (unpaired) electrons. The van der Waals surface area contributed by atoms with Crippen molar-refractivity contribution in [1.82, 2.24) is 10.2 Å². The SMILES string of the molecule is CC1CCC(N(CC(F)(F)F)C(=O)NCCCl)CC1. The molecule has 0 spiro atoms. The van der Waals surface area contributed by atoms with E-state index in [9.17, 15) is 18.0 Å². The lowest BCUT2D eigenvalue weighted by Gasteiger charge is -2.36. The minimum absolute atomic E-state index is 0.178. The van der Waals surface area contributed by atoms with Gasteiger partial charge >= 0.3 is 12.2 Å². The molecule has 1 saturated carbocycles. The van der Waals surface area contributed by atoms with Crippen molar-refractivity contribution in [2.24, 2.45) is 5.92 Å². The summed E-state index contributed by atoms with van der Waals surface area (Å²) in [5, 5.41) is 2.42. The monoisotopic (exact) mass is 300 g/mol. The van der Waals surface area contributed by atoms with E-state index in [1.165, 1.54) is 0 Å². The second kappa shape index (κ2) is 7.22. The zero-order chi connectivity index (χ0) is 14.5. The van der Waals surface area contributed by atoms with Crippen molar-refractivity contribution in [3.8, 4) is 0 Å². The highest BCUT2D eigenvalue weighted by molar-refractivity contribution is 6.18. The topological polar surface area (TPSA) is 32.3 Å². The van der Waals surface area contributed by atoms with E-state index in [1.807, 2.05) is 0 Å². The minimum Gasteiger partial charge on any atom is -0.337 e. The zero-order valence-electron chi connectivity index (χ0n) is 11.0. The van der Waals surface area contributed by atoms with Gasteiger partial charge in [0.15, 0.2) is 0 Å². The molecule has 0 aromatic rings. The maximum atomic E-state index is 12.6. The average molecular weight is 301 g/mol. The third kappa shape index (κ3) is 5.89. The van der Waals surface area contributed by atoms with Crippen molar-refractivity contribution in [3.05, 3.63) is 0 Å². The minimum atomic E-state index is -4.37. The average Bonchev–Trinajstić information content (AvgIpc) is 2.33. The highest BCUT2D eigenvalue weighted by Crippen LogP contribution is 2.29.